The first-order chi connectivity index (χ1) is 14.1. The highest BCUT2D eigenvalue weighted by Crippen LogP contribution is 2.23. The van der Waals surface area contributed by atoms with Crippen LogP contribution < -0.4 is 10.6 Å². The molecule has 0 aliphatic rings. The van der Waals surface area contributed by atoms with Gasteiger partial charge in [0.2, 0.25) is 5.78 Å². The number of hydrogen-bond acceptors (Lipinski definition) is 5. The molecule has 3 aromatic rings. The fourth-order valence-corrected chi connectivity index (χ4v) is 3.66. The lowest BCUT2D eigenvalue weighted by molar-refractivity contribution is 0.0952. The first-order valence-corrected chi connectivity index (χ1v) is 10.3. The zero-order chi connectivity index (χ0) is 20.6. The Morgan fingerprint density at radius 2 is 1.93 bits per heavy atom. The van der Waals surface area contributed by atoms with Gasteiger partial charge in [0.1, 0.15) is 5.82 Å². The molecule has 1 heterocycles. The Kier molecular flexibility index (Phi) is 7.08. The minimum Gasteiger partial charge on any atom is -0.361 e. The SMILES string of the molecule is CCc1ccccc1C(=O)c1cnc(NCCCNC(=O)c2cccc(F)c2)s1. The summed E-state index contributed by atoms with van der Waals surface area (Å²) in [5.74, 6) is -0.758. The van der Waals surface area contributed by atoms with Gasteiger partial charge in [-0.3, -0.25) is 9.59 Å². The van der Waals surface area contributed by atoms with Gasteiger partial charge < -0.3 is 10.6 Å². The third kappa shape index (κ3) is 5.48. The lowest BCUT2D eigenvalue weighted by atomic mass is 10.0. The van der Waals surface area contributed by atoms with E-state index >= 15 is 0 Å². The number of rotatable bonds is 9. The maximum absolute atomic E-state index is 13.1. The normalized spacial score (nSPS) is 10.6. The topological polar surface area (TPSA) is 71.1 Å². The minimum absolute atomic E-state index is 0.0182. The van der Waals surface area contributed by atoms with Crippen LogP contribution in [0.3, 0.4) is 0 Å². The maximum atomic E-state index is 13.1. The van der Waals surface area contributed by atoms with Crippen molar-refractivity contribution in [3.05, 3.63) is 82.1 Å². The Hall–Kier alpha value is -3.06. The Labute approximate surface area is 173 Å². The lowest BCUT2D eigenvalue weighted by Crippen LogP contribution is -2.25. The van der Waals surface area contributed by atoms with Crippen LogP contribution in [0.4, 0.5) is 9.52 Å². The first kappa shape index (κ1) is 20.7. The number of benzene rings is 2. The zero-order valence-corrected chi connectivity index (χ0v) is 16.9. The van der Waals surface area contributed by atoms with E-state index in [0.717, 1.165) is 12.0 Å². The van der Waals surface area contributed by atoms with Crippen LogP contribution in [0.25, 0.3) is 0 Å². The predicted molar refractivity (Wildman–Crippen MR) is 113 cm³/mol. The van der Waals surface area contributed by atoms with Crippen molar-refractivity contribution >= 4 is 28.2 Å². The Balaban J connectivity index is 1.46. The summed E-state index contributed by atoms with van der Waals surface area (Å²) in [6.07, 6.45) is 3.06. The van der Waals surface area contributed by atoms with Gasteiger partial charge in [0.25, 0.3) is 5.91 Å². The van der Waals surface area contributed by atoms with Gasteiger partial charge >= 0.3 is 0 Å². The molecule has 1 amide bonds. The van der Waals surface area contributed by atoms with E-state index in [2.05, 4.69) is 15.6 Å². The molecule has 5 nitrogen and oxygen atoms in total. The third-order valence-electron chi connectivity index (χ3n) is 4.37. The molecule has 150 valence electrons. The van der Waals surface area contributed by atoms with Crippen molar-refractivity contribution in [3.63, 3.8) is 0 Å². The van der Waals surface area contributed by atoms with Crippen LogP contribution in [0.2, 0.25) is 0 Å². The first-order valence-electron chi connectivity index (χ1n) is 9.44. The molecular formula is C22H22FN3O2S. The standard InChI is InChI=1S/C22H22FN3O2S/c1-2-15-7-3-4-10-18(15)20(27)19-14-26-22(29-19)25-12-6-11-24-21(28)16-8-5-9-17(23)13-16/h3-5,7-10,13-14H,2,6,11-12H2,1H3,(H,24,28)(H,25,26). The second kappa shape index (κ2) is 9.93. The quantitative estimate of drug-likeness (QED) is 0.407. The summed E-state index contributed by atoms with van der Waals surface area (Å²) in [7, 11) is 0. The molecule has 0 aliphatic carbocycles. The molecule has 7 heteroatoms. The van der Waals surface area contributed by atoms with E-state index < -0.39 is 5.82 Å². The van der Waals surface area contributed by atoms with Gasteiger partial charge in [0.15, 0.2) is 5.13 Å². The van der Waals surface area contributed by atoms with Crippen LogP contribution in [0.15, 0.2) is 54.7 Å². The molecule has 29 heavy (non-hydrogen) atoms. The molecule has 2 aromatic carbocycles. The Morgan fingerprint density at radius 1 is 1.10 bits per heavy atom. The summed E-state index contributed by atoms with van der Waals surface area (Å²) in [6.45, 7) is 3.07. The monoisotopic (exact) mass is 411 g/mol. The number of carbonyl (C=O) groups excluding carboxylic acids is 2. The van der Waals surface area contributed by atoms with Crippen molar-refractivity contribution in [2.45, 2.75) is 19.8 Å². The van der Waals surface area contributed by atoms with E-state index in [4.69, 9.17) is 0 Å². The summed E-state index contributed by atoms with van der Waals surface area (Å²) < 4.78 is 13.1. The second-order valence-corrected chi connectivity index (χ2v) is 7.45. The highest BCUT2D eigenvalue weighted by Gasteiger charge is 2.15. The minimum atomic E-state index is -0.435. The molecule has 1 aromatic heterocycles. The van der Waals surface area contributed by atoms with Crippen molar-refractivity contribution in [1.29, 1.82) is 0 Å². The number of aryl methyl sites for hydroxylation is 1. The van der Waals surface area contributed by atoms with Crippen molar-refractivity contribution in [2.75, 3.05) is 18.4 Å². The van der Waals surface area contributed by atoms with E-state index in [1.54, 1.807) is 12.3 Å². The molecule has 0 atom stereocenters. The van der Waals surface area contributed by atoms with Crippen LogP contribution in [-0.4, -0.2) is 29.8 Å². The predicted octanol–water partition coefficient (Wildman–Crippen LogP) is 4.31. The van der Waals surface area contributed by atoms with Gasteiger partial charge in [0.05, 0.1) is 11.1 Å². The van der Waals surface area contributed by atoms with E-state index in [1.165, 1.54) is 29.5 Å². The largest absolute Gasteiger partial charge is 0.361 e. The van der Waals surface area contributed by atoms with Gasteiger partial charge in [-0.1, -0.05) is 48.6 Å². The van der Waals surface area contributed by atoms with Crippen molar-refractivity contribution < 1.29 is 14.0 Å². The Bertz CT molecular complexity index is 1000. The highest BCUT2D eigenvalue weighted by atomic mass is 32.1. The van der Waals surface area contributed by atoms with E-state index in [0.29, 0.717) is 40.6 Å². The molecule has 0 aliphatic heterocycles. The molecular weight excluding hydrogens is 389 g/mol. The lowest BCUT2D eigenvalue weighted by Gasteiger charge is -2.06. The van der Waals surface area contributed by atoms with Crippen LogP contribution >= 0.6 is 11.3 Å². The van der Waals surface area contributed by atoms with Gasteiger partial charge in [-0.2, -0.15) is 0 Å². The maximum Gasteiger partial charge on any atom is 0.251 e. The number of anilines is 1. The summed E-state index contributed by atoms with van der Waals surface area (Å²) in [5.41, 5.74) is 2.04. The van der Waals surface area contributed by atoms with Crippen molar-refractivity contribution in [2.24, 2.45) is 0 Å². The van der Waals surface area contributed by atoms with Crippen molar-refractivity contribution in [3.8, 4) is 0 Å². The molecule has 0 saturated heterocycles. The molecule has 0 spiro atoms. The van der Waals surface area contributed by atoms with Gasteiger partial charge in [-0.25, -0.2) is 9.37 Å². The smallest absolute Gasteiger partial charge is 0.251 e. The molecule has 0 radical (unpaired) electrons. The molecule has 3 rings (SSSR count). The van der Waals surface area contributed by atoms with Crippen LogP contribution in [0, 0.1) is 5.82 Å². The number of aromatic nitrogens is 1. The average Bonchev–Trinajstić information content (AvgIpc) is 3.21. The number of nitrogens with one attached hydrogen (secondary N) is 2. The summed E-state index contributed by atoms with van der Waals surface area (Å²) in [5, 5.41) is 6.59. The van der Waals surface area contributed by atoms with Crippen LogP contribution in [-0.2, 0) is 6.42 Å². The zero-order valence-electron chi connectivity index (χ0n) is 16.1. The third-order valence-corrected chi connectivity index (χ3v) is 5.33. The number of carbonyl (C=O) groups is 2. The fourth-order valence-electron chi connectivity index (χ4n) is 2.86. The summed E-state index contributed by atoms with van der Waals surface area (Å²) in [4.78, 5) is 29.5. The Morgan fingerprint density at radius 3 is 2.72 bits per heavy atom. The second-order valence-electron chi connectivity index (χ2n) is 6.42. The average molecular weight is 412 g/mol. The van der Waals surface area contributed by atoms with E-state index in [-0.39, 0.29) is 11.7 Å². The number of thiazole rings is 1. The molecule has 2 N–H and O–H groups in total. The number of ketones is 1. The summed E-state index contributed by atoms with van der Waals surface area (Å²) >= 11 is 1.32. The van der Waals surface area contributed by atoms with Crippen LogP contribution in [0.1, 0.15) is 44.5 Å². The number of hydrogen-bond donors (Lipinski definition) is 2. The van der Waals surface area contributed by atoms with Gasteiger partial charge in [-0.15, -0.1) is 0 Å². The van der Waals surface area contributed by atoms with Gasteiger partial charge in [0, 0.05) is 24.2 Å². The fraction of sp³-hybridized carbons (Fsp3) is 0.227. The number of amides is 1. The molecule has 0 fully saturated rings. The summed E-state index contributed by atoms with van der Waals surface area (Å²) in [6, 6.07) is 13.2. The number of nitrogens with zero attached hydrogens (tertiary/aromatic N) is 1. The van der Waals surface area contributed by atoms with E-state index in [1.807, 2.05) is 31.2 Å². The van der Waals surface area contributed by atoms with Gasteiger partial charge in [-0.05, 0) is 36.6 Å². The highest BCUT2D eigenvalue weighted by molar-refractivity contribution is 7.17. The molecule has 0 unspecified atom stereocenters. The molecule has 0 bridgehead atoms. The van der Waals surface area contributed by atoms with Crippen LogP contribution in [0.5, 0.6) is 0 Å². The van der Waals surface area contributed by atoms with E-state index in [9.17, 15) is 14.0 Å². The van der Waals surface area contributed by atoms with Crippen molar-refractivity contribution in [1.82, 2.24) is 10.3 Å². The molecule has 0 saturated carbocycles. The number of halogens is 1.